The topological polar surface area (TPSA) is 67.4 Å². The van der Waals surface area contributed by atoms with E-state index >= 15 is 0 Å². The van der Waals surface area contributed by atoms with E-state index in [4.69, 9.17) is 27.9 Å². The lowest BCUT2D eigenvalue weighted by Crippen LogP contribution is -2.46. The summed E-state index contributed by atoms with van der Waals surface area (Å²) in [5.41, 5.74) is 3.70. The van der Waals surface area contributed by atoms with Crippen LogP contribution in [0.15, 0.2) is 52.6 Å². The van der Waals surface area contributed by atoms with Crippen LogP contribution in [-0.4, -0.2) is 24.9 Å². The van der Waals surface area contributed by atoms with Crippen molar-refractivity contribution >= 4 is 47.0 Å². The Hall–Kier alpha value is -2.15. The van der Waals surface area contributed by atoms with Gasteiger partial charge in [0.05, 0.1) is 23.7 Å². The number of methoxy groups -OCH3 is 1. The van der Waals surface area contributed by atoms with E-state index in [1.165, 1.54) is 18.9 Å². The molecule has 8 heteroatoms. The van der Waals surface area contributed by atoms with Crippen molar-refractivity contribution < 1.29 is 14.3 Å². The Kier molecular flexibility index (Phi) is 6.77. The summed E-state index contributed by atoms with van der Waals surface area (Å²) in [6, 6.07) is 10.1. The summed E-state index contributed by atoms with van der Waals surface area (Å²) in [6.07, 6.45) is 0. The Balaban J connectivity index is 2.03. The van der Waals surface area contributed by atoms with Crippen LogP contribution < -0.4 is 10.6 Å². The lowest BCUT2D eigenvalue weighted by atomic mass is 9.91. The average Bonchev–Trinajstić information content (AvgIpc) is 2.69. The highest BCUT2D eigenvalue weighted by molar-refractivity contribution is 7.99. The molecule has 0 saturated heterocycles. The maximum atomic E-state index is 12.7. The van der Waals surface area contributed by atoms with Gasteiger partial charge in [-0.1, -0.05) is 47.0 Å². The van der Waals surface area contributed by atoms with Crippen LogP contribution in [0, 0.1) is 13.8 Å². The monoisotopic (exact) mass is 450 g/mol. The van der Waals surface area contributed by atoms with Gasteiger partial charge in [-0.25, -0.2) is 9.59 Å². The Morgan fingerprint density at radius 2 is 1.93 bits per heavy atom. The van der Waals surface area contributed by atoms with Crippen molar-refractivity contribution in [2.75, 3.05) is 12.9 Å². The highest BCUT2D eigenvalue weighted by atomic mass is 35.5. The number of hydrogen-bond acceptors (Lipinski definition) is 4. The first-order chi connectivity index (χ1) is 13.8. The van der Waals surface area contributed by atoms with Crippen molar-refractivity contribution in [1.29, 1.82) is 0 Å². The van der Waals surface area contributed by atoms with Gasteiger partial charge >= 0.3 is 12.0 Å². The van der Waals surface area contributed by atoms with Crippen molar-refractivity contribution in [3.05, 3.63) is 74.4 Å². The predicted octanol–water partition coefficient (Wildman–Crippen LogP) is 5.18. The fraction of sp³-hybridized carbons (Fsp3) is 0.238. The van der Waals surface area contributed by atoms with E-state index in [2.05, 4.69) is 10.6 Å². The molecule has 1 atom stereocenters. The smallest absolute Gasteiger partial charge is 0.338 e. The van der Waals surface area contributed by atoms with E-state index in [-0.39, 0.29) is 6.03 Å². The lowest BCUT2D eigenvalue weighted by molar-refractivity contribution is -0.136. The second kappa shape index (κ2) is 9.11. The van der Waals surface area contributed by atoms with Gasteiger partial charge in [0.1, 0.15) is 0 Å². The van der Waals surface area contributed by atoms with Crippen molar-refractivity contribution in [3.8, 4) is 0 Å². The maximum Gasteiger partial charge on any atom is 0.338 e. The number of benzene rings is 2. The normalized spacial score (nSPS) is 16.3. The van der Waals surface area contributed by atoms with Crippen LogP contribution in [0.1, 0.15) is 22.7 Å². The van der Waals surface area contributed by atoms with Gasteiger partial charge in [0.2, 0.25) is 0 Å². The van der Waals surface area contributed by atoms with E-state index < -0.39 is 12.0 Å². The summed E-state index contributed by atoms with van der Waals surface area (Å²) in [5.74, 6) is -0.185. The number of hydrogen-bond donors (Lipinski definition) is 2. The Morgan fingerprint density at radius 3 is 2.66 bits per heavy atom. The number of carbonyl (C=O) groups excluding carboxylic acids is 2. The SMILES string of the molecule is COC(=O)C1=C(CSc2cc(Cl)ccc2Cl)NC(=O)N[C@H]1c1cc(C)ccc1C. The molecule has 1 heterocycles. The highest BCUT2D eigenvalue weighted by Gasteiger charge is 2.34. The van der Waals surface area contributed by atoms with E-state index in [0.717, 1.165) is 21.6 Å². The van der Waals surface area contributed by atoms with Crippen LogP contribution in [-0.2, 0) is 9.53 Å². The highest BCUT2D eigenvalue weighted by Crippen LogP contribution is 2.35. The Bertz CT molecular complexity index is 1010. The van der Waals surface area contributed by atoms with Crippen molar-refractivity contribution in [3.63, 3.8) is 0 Å². The number of rotatable bonds is 5. The van der Waals surface area contributed by atoms with Crippen molar-refractivity contribution in [2.45, 2.75) is 24.8 Å². The molecule has 0 spiro atoms. The van der Waals surface area contributed by atoms with Gasteiger partial charge in [-0.2, -0.15) is 0 Å². The lowest BCUT2D eigenvalue weighted by Gasteiger charge is -2.30. The van der Waals surface area contributed by atoms with Gasteiger partial charge in [0.15, 0.2) is 0 Å². The van der Waals surface area contributed by atoms with Crippen LogP contribution in [0.4, 0.5) is 4.79 Å². The third-order valence-electron chi connectivity index (χ3n) is 4.57. The molecule has 0 radical (unpaired) electrons. The van der Waals surface area contributed by atoms with Gasteiger partial charge in [0.25, 0.3) is 0 Å². The minimum Gasteiger partial charge on any atom is -0.466 e. The van der Waals surface area contributed by atoms with Gasteiger partial charge < -0.3 is 15.4 Å². The largest absolute Gasteiger partial charge is 0.466 e. The molecular formula is C21H20Cl2N2O3S. The molecule has 0 fully saturated rings. The molecule has 2 N–H and O–H groups in total. The summed E-state index contributed by atoms with van der Waals surface area (Å²) in [7, 11) is 1.32. The number of halogens is 2. The summed E-state index contributed by atoms with van der Waals surface area (Å²) in [4.78, 5) is 25.8. The quantitative estimate of drug-likeness (QED) is 0.486. The first-order valence-electron chi connectivity index (χ1n) is 8.84. The second-order valence-corrected chi connectivity index (χ2v) is 8.50. The first kappa shape index (κ1) is 21.6. The molecule has 0 aromatic heterocycles. The first-order valence-corrected chi connectivity index (χ1v) is 10.6. The number of aryl methyl sites for hydroxylation is 2. The summed E-state index contributed by atoms with van der Waals surface area (Å²) in [5, 5.41) is 6.71. The zero-order chi connectivity index (χ0) is 21.1. The standard InChI is InChI=1S/C21H20Cl2N2O3S/c1-11-4-5-12(2)14(8-11)19-18(20(26)28-3)16(24-21(27)25-19)10-29-17-9-13(22)6-7-15(17)23/h4-9,19H,10H2,1-3H3,(H2,24,25,27)/t19-/m0/s1. The summed E-state index contributed by atoms with van der Waals surface area (Å²) >= 11 is 13.7. The van der Waals surface area contributed by atoms with Crippen molar-refractivity contribution in [2.24, 2.45) is 0 Å². The number of thioether (sulfide) groups is 1. The minimum atomic E-state index is -0.610. The maximum absolute atomic E-state index is 12.7. The number of amides is 2. The third kappa shape index (κ3) is 4.89. The number of nitrogens with one attached hydrogen (secondary N) is 2. The minimum absolute atomic E-state index is 0.319. The number of carbonyl (C=O) groups is 2. The molecular weight excluding hydrogens is 431 g/mol. The predicted molar refractivity (Wildman–Crippen MR) is 117 cm³/mol. The molecule has 1 aliphatic heterocycles. The van der Waals surface area contributed by atoms with Gasteiger partial charge in [0, 0.05) is 21.4 Å². The van der Waals surface area contributed by atoms with Crippen molar-refractivity contribution in [1.82, 2.24) is 10.6 Å². The van der Waals surface area contributed by atoms with Crippen LogP contribution in [0.3, 0.4) is 0 Å². The molecule has 0 aliphatic carbocycles. The molecule has 2 aromatic rings. The van der Waals surface area contributed by atoms with Gasteiger partial charge in [-0.05, 0) is 43.2 Å². The molecule has 152 valence electrons. The fourth-order valence-electron chi connectivity index (χ4n) is 3.12. The zero-order valence-corrected chi connectivity index (χ0v) is 18.5. The van der Waals surface area contributed by atoms with Crippen LogP contribution >= 0.6 is 35.0 Å². The number of ether oxygens (including phenoxy) is 1. The molecule has 0 saturated carbocycles. The fourth-order valence-corrected chi connectivity index (χ4v) is 4.59. The van der Waals surface area contributed by atoms with Gasteiger partial charge in [-0.15, -0.1) is 11.8 Å². The molecule has 2 amide bonds. The molecule has 0 unspecified atom stereocenters. The van der Waals surface area contributed by atoms with E-state index in [1.54, 1.807) is 18.2 Å². The van der Waals surface area contributed by atoms with E-state index in [1.807, 2.05) is 32.0 Å². The molecule has 29 heavy (non-hydrogen) atoms. The summed E-state index contributed by atoms with van der Waals surface area (Å²) < 4.78 is 5.03. The Labute approximate surface area is 183 Å². The zero-order valence-electron chi connectivity index (χ0n) is 16.1. The number of urea groups is 1. The second-order valence-electron chi connectivity index (χ2n) is 6.64. The van der Waals surface area contributed by atoms with E-state index in [0.29, 0.717) is 27.1 Å². The van der Waals surface area contributed by atoms with E-state index in [9.17, 15) is 9.59 Å². The van der Waals surface area contributed by atoms with Crippen LogP contribution in [0.2, 0.25) is 10.0 Å². The molecule has 2 aromatic carbocycles. The molecule has 5 nitrogen and oxygen atoms in total. The molecule has 3 rings (SSSR count). The average molecular weight is 451 g/mol. The third-order valence-corrected chi connectivity index (χ3v) is 6.33. The van der Waals surface area contributed by atoms with Gasteiger partial charge in [-0.3, -0.25) is 0 Å². The number of esters is 1. The Morgan fingerprint density at radius 1 is 1.17 bits per heavy atom. The molecule has 0 bridgehead atoms. The van der Waals surface area contributed by atoms with Crippen LogP contribution in [0.5, 0.6) is 0 Å². The summed E-state index contributed by atoms with van der Waals surface area (Å²) in [6.45, 7) is 3.91. The van der Waals surface area contributed by atoms with Crippen LogP contribution in [0.25, 0.3) is 0 Å². The molecule has 1 aliphatic rings.